The maximum absolute atomic E-state index is 13.6. The number of hydrogen-bond donors (Lipinski definition) is 0. The second-order valence-electron chi connectivity index (χ2n) is 9.24. The highest BCUT2D eigenvalue weighted by Crippen LogP contribution is 2.37. The molecule has 4 aromatic rings. The van der Waals surface area contributed by atoms with Crippen LogP contribution in [0.15, 0.2) is 82.8 Å². The van der Waals surface area contributed by atoms with E-state index in [9.17, 15) is 4.79 Å². The van der Waals surface area contributed by atoms with Gasteiger partial charge in [0.2, 0.25) is 0 Å². The van der Waals surface area contributed by atoms with Crippen molar-refractivity contribution in [2.24, 2.45) is 4.99 Å². The summed E-state index contributed by atoms with van der Waals surface area (Å²) in [6, 6.07) is 21.9. The number of aliphatic imine (C=N–C) groups is 1. The molecule has 0 unspecified atom stereocenters. The van der Waals surface area contributed by atoms with Crippen LogP contribution in [0.5, 0.6) is 0 Å². The number of nitrogens with zero attached hydrogens (tertiary/aromatic N) is 3. The fraction of sp³-hybridized carbons (Fsp3) is 0.200. The molecule has 0 spiro atoms. The van der Waals surface area contributed by atoms with Gasteiger partial charge in [0.1, 0.15) is 0 Å². The Morgan fingerprint density at radius 3 is 2.54 bits per heavy atom. The van der Waals surface area contributed by atoms with Crippen molar-refractivity contribution in [3.63, 3.8) is 0 Å². The number of amidine groups is 1. The SMILES string of the molecule is CC[C@@H](C)N1C(=O)/C(=C\c2cn(Cc3ccc(Cl)cc3Cl)c3ccccc23)SC1=Nc1ccc(C)cc1. The Hall–Kier alpha value is -2.99. The number of aromatic nitrogens is 1. The van der Waals surface area contributed by atoms with Crippen LogP contribution in [0, 0.1) is 6.92 Å². The second kappa shape index (κ2) is 10.8. The zero-order valence-corrected chi connectivity index (χ0v) is 23.2. The van der Waals surface area contributed by atoms with Crippen molar-refractivity contribution >= 4 is 68.7 Å². The number of hydrogen-bond acceptors (Lipinski definition) is 3. The Labute approximate surface area is 231 Å². The number of para-hydroxylation sites is 1. The molecule has 1 atom stereocenters. The molecule has 0 N–H and O–H groups in total. The van der Waals surface area contributed by atoms with E-state index in [0.717, 1.165) is 34.1 Å². The molecule has 188 valence electrons. The molecule has 1 saturated heterocycles. The molecular weight excluding hydrogens is 521 g/mol. The van der Waals surface area contributed by atoms with Gasteiger partial charge in [-0.15, -0.1) is 0 Å². The average molecular weight is 549 g/mol. The van der Waals surface area contributed by atoms with Crippen molar-refractivity contribution in [1.29, 1.82) is 0 Å². The van der Waals surface area contributed by atoms with Crippen molar-refractivity contribution in [2.75, 3.05) is 0 Å². The van der Waals surface area contributed by atoms with E-state index in [1.165, 1.54) is 17.3 Å². The number of thioether (sulfide) groups is 1. The van der Waals surface area contributed by atoms with E-state index in [4.69, 9.17) is 28.2 Å². The number of carbonyl (C=O) groups is 1. The third-order valence-corrected chi connectivity index (χ3v) is 8.16. The summed E-state index contributed by atoms with van der Waals surface area (Å²) in [5.41, 5.74) is 5.05. The monoisotopic (exact) mass is 547 g/mol. The predicted molar refractivity (Wildman–Crippen MR) is 158 cm³/mol. The molecule has 4 nitrogen and oxygen atoms in total. The minimum atomic E-state index is -0.0113. The van der Waals surface area contributed by atoms with E-state index in [-0.39, 0.29) is 11.9 Å². The van der Waals surface area contributed by atoms with Crippen LogP contribution in [0.4, 0.5) is 5.69 Å². The van der Waals surface area contributed by atoms with Crippen molar-refractivity contribution in [3.8, 4) is 0 Å². The molecule has 2 heterocycles. The second-order valence-corrected chi connectivity index (χ2v) is 11.1. The van der Waals surface area contributed by atoms with Gasteiger partial charge in [0.25, 0.3) is 5.91 Å². The Morgan fingerprint density at radius 1 is 1.05 bits per heavy atom. The summed E-state index contributed by atoms with van der Waals surface area (Å²) in [6.07, 6.45) is 4.91. The molecule has 5 rings (SSSR count). The lowest BCUT2D eigenvalue weighted by Gasteiger charge is -2.22. The lowest BCUT2D eigenvalue weighted by Crippen LogP contribution is -2.36. The van der Waals surface area contributed by atoms with Gasteiger partial charge in [-0.3, -0.25) is 9.69 Å². The average Bonchev–Trinajstić information content (AvgIpc) is 3.38. The standard InChI is InChI=1S/C30H27Cl2N3OS/c1-4-20(3)35-29(36)28(37-30(35)33-24-13-9-19(2)10-14-24)15-22-18-34(27-8-6-5-7-25(22)27)17-21-11-12-23(31)16-26(21)32/h5-16,18,20H,4,17H2,1-3H3/b28-15+,33-30?/t20-/m1/s1. The number of amides is 1. The van der Waals surface area contributed by atoms with Crippen LogP contribution in [0.3, 0.4) is 0 Å². The zero-order valence-electron chi connectivity index (χ0n) is 20.9. The van der Waals surface area contributed by atoms with Crippen LogP contribution < -0.4 is 0 Å². The quantitative estimate of drug-likeness (QED) is 0.226. The molecule has 1 amide bonds. The third kappa shape index (κ3) is 5.35. The van der Waals surface area contributed by atoms with Crippen LogP contribution in [0.2, 0.25) is 10.0 Å². The van der Waals surface area contributed by atoms with Gasteiger partial charge in [-0.25, -0.2) is 4.99 Å². The minimum absolute atomic E-state index is 0.0113. The summed E-state index contributed by atoms with van der Waals surface area (Å²) in [4.78, 5) is 20.9. The molecule has 1 aromatic heterocycles. The highest BCUT2D eigenvalue weighted by atomic mass is 35.5. The summed E-state index contributed by atoms with van der Waals surface area (Å²) in [5, 5.41) is 3.04. The van der Waals surface area contributed by atoms with Gasteiger partial charge >= 0.3 is 0 Å². The van der Waals surface area contributed by atoms with Crippen molar-refractivity contribution < 1.29 is 4.79 Å². The maximum Gasteiger partial charge on any atom is 0.267 e. The lowest BCUT2D eigenvalue weighted by molar-refractivity contribution is -0.123. The summed E-state index contributed by atoms with van der Waals surface area (Å²) < 4.78 is 2.16. The van der Waals surface area contributed by atoms with E-state index < -0.39 is 0 Å². The molecular formula is C30H27Cl2N3OS. The Bertz CT molecular complexity index is 1540. The van der Waals surface area contributed by atoms with Crippen LogP contribution in [0.1, 0.15) is 37.0 Å². The molecule has 0 bridgehead atoms. The largest absolute Gasteiger partial charge is 0.342 e. The number of rotatable bonds is 6. The van der Waals surface area contributed by atoms with Crippen molar-refractivity contribution in [1.82, 2.24) is 9.47 Å². The van der Waals surface area contributed by atoms with Gasteiger partial charge in [0.15, 0.2) is 5.17 Å². The first-order valence-corrected chi connectivity index (χ1v) is 13.8. The normalized spacial score (nSPS) is 16.9. The van der Waals surface area contributed by atoms with Gasteiger partial charge in [-0.2, -0.15) is 0 Å². The summed E-state index contributed by atoms with van der Waals surface area (Å²) in [7, 11) is 0. The summed E-state index contributed by atoms with van der Waals surface area (Å²) >= 11 is 14.0. The van der Waals surface area contributed by atoms with Crippen molar-refractivity contribution in [3.05, 3.63) is 105 Å². The van der Waals surface area contributed by atoms with E-state index in [2.05, 4.69) is 43.7 Å². The molecule has 1 aliphatic heterocycles. The first-order valence-electron chi connectivity index (χ1n) is 12.2. The molecule has 0 radical (unpaired) electrons. The maximum atomic E-state index is 13.6. The number of halogens is 2. The minimum Gasteiger partial charge on any atom is -0.342 e. The summed E-state index contributed by atoms with van der Waals surface area (Å²) in [5.74, 6) is -0.0113. The first-order chi connectivity index (χ1) is 17.8. The Morgan fingerprint density at radius 2 is 1.81 bits per heavy atom. The number of carbonyl (C=O) groups excluding carboxylic acids is 1. The topological polar surface area (TPSA) is 37.6 Å². The fourth-order valence-electron chi connectivity index (χ4n) is 4.36. The zero-order chi connectivity index (χ0) is 26.1. The van der Waals surface area contributed by atoms with E-state index >= 15 is 0 Å². The van der Waals surface area contributed by atoms with Crippen LogP contribution in [-0.4, -0.2) is 26.6 Å². The van der Waals surface area contributed by atoms with Gasteiger partial charge in [-0.05, 0) is 74.0 Å². The molecule has 37 heavy (non-hydrogen) atoms. The molecule has 0 aliphatic carbocycles. The Balaban J connectivity index is 1.54. The molecule has 0 saturated carbocycles. The molecule has 1 fully saturated rings. The van der Waals surface area contributed by atoms with Crippen LogP contribution in [0.25, 0.3) is 17.0 Å². The Kier molecular flexibility index (Phi) is 7.47. The number of benzene rings is 3. The smallest absolute Gasteiger partial charge is 0.267 e. The molecule has 7 heteroatoms. The summed E-state index contributed by atoms with van der Waals surface area (Å²) in [6.45, 7) is 6.80. The van der Waals surface area contributed by atoms with Crippen LogP contribution >= 0.6 is 35.0 Å². The van der Waals surface area contributed by atoms with E-state index in [1.807, 2.05) is 59.5 Å². The van der Waals surface area contributed by atoms with Gasteiger partial charge < -0.3 is 4.57 Å². The van der Waals surface area contributed by atoms with Gasteiger partial charge in [0, 0.05) is 45.3 Å². The molecule has 3 aromatic carbocycles. The van der Waals surface area contributed by atoms with Gasteiger partial charge in [0.05, 0.1) is 10.6 Å². The highest BCUT2D eigenvalue weighted by molar-refractivity contribution is 8.18. The van der Waals surface area contributed by atoms with Gasteiger partial charge in [-0.1, -0.05) is 72.1 Å². The predicted octanol–water partition coefficient (Wildman–Crippen LogP) is 8.71. The van der Waals surface area contributed by atoms with Crippen molar-refractivity contribution in [2.45, 2.75) is 39.8 Å². The van der Waals surface area contributed by atoms with Crippen LogP contribution in [-0.2, 0) is 11.3 Å². The first kappa shape index (κ1) is 25.7. The highest BCUT2D eigenvalue weighted by Gasteiger charge is 2.36. The number of fused-ring (bicyclic) bond motifs is 1. The van der Waals surface area contributed by atoms with E-state index in [0.29, 0.717) is 26.7 Å². The van der Waals surface area contributed by atoms with E-state index in [1.54, 1.807) is 6.07 Å². The lowest BCUT2D eigenvalue weighted by atomic mass is 10.1. The molecule has 1 aliphatic rings. The number of aryl methyl sites for hydroxylation is 1. The third-order valence-electron chi connectivity index (χ3n) is 6.59. The fourth-order valence-corrected chi connectivity index (χ4v) is 5.91.